The van der Waals surface area contributed by atoms with Gasteiger partial charge < -0.3 is 0 Å². The number of nitrogens with two attached hydrogens (primary N) is 1. The third-order valence-electron chi connectivity index (χ3n) is 2.97. The minimum Gasteiger partial charge on any atom is -0.271 e. The highest BCUT2D eigenvalue weighted by molar-refractivity contribution is 8.07. The molecule has 3 atom stereocenters. The fourth-order valence-electron chi connectivity index (χ4n) is 2.07. The average molecular weight is 272 g/mol. The SMILES string of the molecule is CC1SCCSC1C(NN)c1ccc(F)cc1. The standard InChI is InChI=1S/C12H17FN2S2/c1-8-12(17-7-6-16-8)11(15-14)9-2-4-10(13)5-3-9/h2-5,8,11-12,15H,6-7,14H2,1H3. The summed E-state index contributed by atoms with van der Waals surface area (Å²) >= 11 is 3.92. The Kier molecular flexibility index (Phi) is 4.73. The molecule has 3 N–H and O–H groups in total. The second-order valence-corrected chi connectivity index (χ2v) is 6.88. The molecule has 1 aliphatic heterocycles. The van der Waals surface area contributed by atoms with Gasteiger partial charge in [0.2, 0.25) is 0 Å². The minimum atomic E-state index is -0.205. The molecule has 94 valence electrons. The number of nitrogens with one attached hydrogen (secondary N) is 1. The molecule has 1 aromatic rings. The molecule has 1 saturated heterocycles. The monoisotopic (exact) mass is 272 g/mol. The molecule has 0 spiro atoms. The van der Waals surface area contributed by atoms with E-state index in [2.05, 4.69) is 12.3 Å². The Morgan fingerprint density at radius 2 is 1.94 bits per heavy atom. The zero-order chi connectivity index (χ0) is 12.3. The van der Waals surface area contributed by atoms with Crippen molar-refractivity contribution >= 4 is 23.5 Å². The molecule has 0 aliphatic carbocycles. The van der Waals surface area contributed by atoms with E-state index in [-0.39, 0.29) is 11.9 Å². The second-order valence-electron chi connectivity index (χ2n) is 4.11. The molecular weight excluding hydrogens is 255 g/mol. The lowest BCUT2D eigenvalue weighted by atomic mass is 10.0. The molecule has 1 heterocycles. The zero-order valence-electron chi connectivity index (χ0n) is 9.73. The molecule has 1 fully saturated rings. The molecule has 1 aromatic carbocycles. The molecule has 2 nitrogen and oxygen atoms in total. The van der Waals surface area contributed by atoms with Crippen LogP contribution in [0.5, 0.6) is 0 Å². The minimum absolute atomic E-state index is 0.0865. The number of hydrogen-bond donors (Lipinski definition) is 2. The van der Waals surface area contributed by atoms with Gasteiger partial charge in [0, 0.05) is 22.0 Å². The number of hydrazine groups is 1. The fourth-order valence-corrected chi connectivity index (χ4v) is 5.00. The summed E-state index contributed by atoms with van der Waals surface area (Å²) in [7, 11) is 0. The summed E-state index contributed by atoms with van der Waals surface area (Å²) in [6.45, 7) is 2.23. The molecule has 17 heavy (non-hydrogen) atoms. The van der Waals surface area contributed by atoms with Gasteiger partial charge in [-0.1, -0.05) is 19.1 Å². The summed E-state index contributed by atoms with van der Waals surface area (Å²) in [4.78, 5) is 0. The van der Waals surface area contributed by atoms with Gasteiger partial charge in [-0.15, -0.1) is 0 Å². The van der Waals surface area contributed by atoms with Crippen molar-refractivity contribution < 1.29 is 4.39 Å². The number of thioether (sulfide) groups is 2. The highest BCUT2D eigenvalue weighted by Gasteiger charge is 2.30. The Bertz CT molecular complexity index is 358. The maximum absolute atomic E-state index is 12.9. The average Bonchev–Trinajstić information content (AvgIpc) is 2.35. The highest BCUT2D eigenvalue weighted by Crippen LogP contribution is 2.38. The van der Waals surface area contributed by atoms with Crippen LogP contribution in [0.3, 0.4) is 0 Å². The summed E-state index contributed by atoms with van der Waals surface area (Å²) in [5, 5.41) is 0.990. The zero-order valence-corrected chi connectivity index (χ0v) is 11.4. The lowest BCUT2D eigenvalue weighted by Crippen LogP contribution is -2.40. The third kappa shape index (κ3) is 3.16. The van der Waals surface area contributed by atoms with Crippen molar-refractivity contribution in [2.45, 2.75) is 23.5 Å². The summed E-state index contributed by atoms with van der Waals surface area (Å²) in [6.07, 6.45) is 0. The van der Waals surface area contributed by atoms with Gasteiger partial charge in [0.25, 0.3) is 0 Å². The first-order valence-electron chi connectivity index (χ1n) is 5.67. The van der Waals surface area contributed by atoms with Crippen molar-refractivity contribution in [2.24, 2.45) is 5.84 Å². The number of benzene rings is 1. The van der Waals surface area contributed by atoms with Crippen molar-refractivity contribution in [3.05, 3.63) is 35.6 Å². The molecule has 2 rings (SSSR count). The molecule has 0 bridgehead atoms. The number of rotatable bonds is 3. The molecule has 5 heteroatoms. The Morgan fingerprint density at radius 1 is 1.29 bits per heavy atom. The van der Waals surface area contributed by atoms with Crippen LogP contribution in [0, 0.1) is 5.82 Å². The van der Waals surface area contributed by atoms with Crippen LogP contribution in [0.25, 0.3) is 0 Å². The smallest absolute Gasteiger partial charge is 0.123 e. The predicted octanol–water partition coefficient (Wildman–Crippen LogP) is 2.57. The van der Waals surface area contributed by atoms with Crippen LogP contribution in [0.2, 0.25) is 0 Å². The second kappa shape index (κ2) is 6.09. The molecule has 0 saturated carbocycles. The van der Waals surface area contributed by atoms with Gasteiger partial charge in [0.05, 0.1) is 6.04 Å². The highest BCUT2D eigenvalue weighted by atomic mass is 32.2. The van der Waals surface area contributed by atoms with Gasteiger partial charge in [-0.3, -0.25) is 11.3 Å². The quantitative estimate of drug-likeness (QED) is 0.655. The van der Waals surface area contributed by atoms with Crippen molar-refractivity contribution in [3.63, 3.8) is 0 Å². The summed E-state index contributed by atoms with van der Waals surface area (Å²) in [5.41, 5.74) is 3.94. The van der Waals surface area contributed by atoms with Gasteiger partial charge in [0.1, 0.15) is 5.82 Å². The van der Waals surface area contributed by atoms with Crippen molar-refractivity contribution in [2.75, 3.05) is 11.5 Å². The Labute approximate surface area is 110 Å². The Morgan fingerprint density at radius 3 is 2.53 bits per heavy atom. The van der Waals surface area contributed by atoms with Crippen LogP contribution in [0.1, 0.15) is 18.5 Å². The van der Waals surface area contributed by atoms with Gasteiger partial charge in [-0.05, 0) is 17.7 Å². The van der Waals surface area contributed by atoms with Crippen LogP contribution in [-0.4, -0.2) is 22.0 Å². The van der Waals surface area contributed by atoms with Crippen LogP contribution in [0.4, 0.5) is 4.39 Å². The van der Waals surface area contributed by atoms with Crippen LogP contribution in [0.15, 0.2) is 24.3 Å². The summed E-state index contributed by atoms with van der Waals surface area (Å²) < 4.78 is 12.9. The van der Waals surface area contributed by atoms with Crippen LogP contribution in [-0.2, 0) is 0 Å². The van der Waals surface area contributed by atoms with Crippen molar-refractivity contribution in [3.8, 4) is 0 Å². The molecule has 3 unspecified atom stereocenters. The third-order valence-corrected chi connectivity index (χ3v) is 6.17. The molecule has 0 radical (unpaired) electrons. The van der Waals surface area contributed by atoms with E-state index in [0.29, 0.717) is 10.5 Å². The Hall–Kier alpha value is -0.230. The number of halogens is 1. The van der Waals surface area contributed by atoms with Crippen molar-refractivity contribution in [1.82, 2.24) is 5.43 Å². The van der Waals surface area contributed by atoms with E-state index in [1.54, 1.807) is 0 Å². The lowest BCUT2D eigenvalue weighted by Gasteiger charge is -2.34. The lowest BCUT2D eigenvalue weighted by molar-refractivity contribution is 0.525. The van der Waals surface area contributed by atoms with Gasteiger partial charge in [0.15, 0.2) is 0 Å². The van der Waals surface area contributed by atoms with Gasteiger partial charge >= 0.3 is 0 Å². The number of hydrogen-bond acceptors (Lipinski definition) is 4. The largest absolute Gasteiger partial charge is 0.271 e. The van der Waals surface area contributed by atoms with Crippen LogP contribution < -0.4 is 11.3 Å². The van der Waals surface area contributed by atoms with Gasteiger partial charge in [-0.25, -0.2) is 4.39 Å². The van der Waals surface area contributed by atoms with Crippen LogP contribution >= 0.6 is 23.5 Å². The summed E-state index contributed by atoms with van der Waals surface area (Å²) in [6, 6.07) is 6.69. The van der Waals surface area contributed by atoms with E-state index in [4.69, 9.17) is 5.84 Å². The maximum atomic E-state index is 12.9. The first-order valence-corrected chi connectivity index (χ1v) is 7.77. The predicted molar refractivity (Wildman–Crippen MR) is 74.6 cm³/mol. The van der Waals surface area contributed by atoms with E-state index in [1.165, 1.54) is 17.9 Å². The van der Waals surface area contributed by atoms with E-state index >= 15 is 0 Å². The maximum Gasteiger partial charge on any atom is 0.123 e. The van der Waals surface area contributed by atoms with E-state index < -0.39 is 0 Å². The first kappa shape index (κ1) is 13.2. The fraction of sp³-hybridized carbons (Fsp3) is 0.500. The normalized spacial score (nSPS) is 26.8. The van der Waals surface area contributed by atoms with E-state index in [1.807, 2.05) is 35.7 Å². The molecule has 0 amide bonds. The summed E-state index contributed by atoms with van der Waals surface area (Å²) in [5.74, 6) is 7.81. The van der Waals surface area contributed by atoms with E-state index in [0.717, 1.165) is 11.3 Å². The topological polar surface area (TPSA) is 38.0 Å². The molecular formula is C12H17FN2S2. The molecule has 0 aromatic heterocycles. The van der Waals surface area contributed by atoms with E-state index in [9.17, 15) is 4.39 Å². The van der Waals surface area contributed by atoms with Crippen molar-refractivity contribution in [1.29, 1.82) is 0 Å². The Balaban J connectivity index is 2.17. The molecule has 1 aliphatic rings. The van der Waals surface area contributed by atoms with Gasteiger partial charge in [-0.2, -0.15) is 23.5 Å². The first-order chi connectivity index (χ1) is 8.22.